The van der Waals surface area contributed by atoms with E-state index in [2.05, 4.69) is 9.97 Å². The molecule has 1 unspecified atom stereocenters. The average Bonchev–Trinajstić information content (AvgIpc) is 3.31. The lowest BCUT2D eigenvalue weighted by Crippen LogP contribution is -2.54. The molecule has 25 heavy (non-hydrogen) atoms. The number of hydrogen-bond acceptors (Lipinski definition) is 3. The Kier molecular flexibility index (Phi) is 3.61. The van der Waals surface area contributed by atoms with Gasteiger partial charge in [0.15, 0.2) is 5.54 Å². The summed E-state index contributed by atoms with van der Waals surface area (Å²) in [6, 6.07) is 6.84. The van der Waals surface area contributed by atoms with Crippen molar-refractivity contribution in [2.75, 3.05) is 6.54 Å². The van der Waals surface area contributed by atoms with E-state index in [-0.39, 0.29) is 30.6 Å². The van der Waals surface area contributed by atoms with Crippen LogP contribution < -0.4 is 0 Å². The molecule has 1 aromatic carbocycles. The van der Waals surface area contributed by atoms with Crippen LogP contribution in [0.3, 0.4) is 0 Å². The fourth-order valence-corrected chi connectivity index (χ4v) is 4.22. The van der Waals surface area contributed by atoms with Gasteiger partial charge in [0.1, 0.15) is 5.69 Å². The molecule has 4 nitrogen and oxygen atoms in total. The maximum Gasteiger partial charge on any atom is 0.416 e. The van der Waals surface area contributed by atoms with Crippen LogP contribution in [0.4, 0.5) is 13.2 Å². The second-order valence-corrected chi connectivity index (χ2v) is 6.76. The molecule has 1 atom stereocenters. The van der Waals surface area contributed by atoms with Gasteiger partial charge in [-0.15, -0.1) is 11.3 Å². The van der Waals surface area contributed by atoms with Crippen LogP contribution in [0.25, 0.3) is 10.9 Å². The highest BCUT2D eigenvalue weighted by atomic mass is 32.1. The van der Waals surface area contributed by atoms with Crippen LogP contribution in [0.15, 0.2) is 41.4 Å². The molecule has 0 radical (unpaired) electrons. The molecule has 1 saturated heterocycles. The van der Waals surface area contributed by atoms with Crippen molar-refractivity contribution < 1.29 is 18.0 Å². The minimum absolute atomic E-state index is 0.0510. The lowest BCUT2D eigenvalue weighted by atomic mass is 9.85. The van der Waals surface area contributed by atoms with E-state index in [1.54, 1.807) is 24.3 Å². The number of nitrogens with one attached hydrogen (secondary N) is 1. The molecule has 8 heteroatoms. The van der Waals surface area contributed by atoms with Gasteiger partial charge in [0, 0.05) is 34.6 Å². The van der Waals surface area contributed by atoms with E-state index in [9.17, 15) is 18.0 Å². The number of halogens is 3. The summed E-state index contributed by atoms with van der Waals surface area (Å²) in [5.41, 5.74) is -0.122. The molecule has 0 spiro atoms. The number of aromatic nitrogens is 2. The van der Waals surface area contributed by atoms with E-state index in [1.807, 2.05) is 0 Å². The molecule has 4 rings (SSSR count). The molecule has 1 aliphatic heterocycles. The SMILES string of the molecule is O=C(c1cscn1)N1CCCC1(c1c[nH]c2ccccc12)C(F)(F)F. The third-order valence-corrected chi connectivity index (χ3v) is 5.37. The summed E-state index contributed by atoms with van der Waals surface area (Å²) < 4.78 is 43.0. The van der Waals surface area contributed by atoms with Crippen molar-refractivity contribution in [3.8, 4) is 0 Å². The summed E-state index contributed by atoms with van der Waals surface area (Å²) >= 11 is 1.19. The van der Waals surface area contributed by atoms with Gasteiger partial charge in [-0.3, -0.25) is 4.79 Å². The van der Waals surface area contributed by atoms with Crippen molar-refractivity contribution in [2.45, 2.75) is 24.6 Å². The van der Waals surface area contributed by atoms with Gasteiger partial charge in [0.25, 0.3) is 5.91 Å². The molecule has 2 aromatic heterocycles. The molecular weight excluding hydrogens is 351 g/mol. The fourth-order valence-electron chi connectivity index (χ4n) is 3.69. The zero-order valence-corrected chi connectivity index (χ0v) is 13.8. The van der Waals surface area contributed by atoms with Crippen LogP contribution in [0.2, 0.25) is 0 Å². The zero-order chi connectivity index (χ0) is 17.7. The summed E-state index contributed by atoms with van der Waals surface area (Å²) in [5, 5.41) is 1.97. The number of carbonyl (C=O) groups excluding carboxylic acids is 1. The van der Waals surface area contributed by atoms with Crippen LogP contribution in [-0.2, 0) is 5.54 Å². The first-order chi connectivity index (χ1) is 11.9. The Bertz CT molecular complexity index is 919. The maximum atomic E-state index is 14.3. The van der Waals surface area contributed by atoms with Gasteiger partial charge in [-0.05, 0) is 18.9 Å². The molecule has 1 aliphatic rings. The van der Waals surface area contributed by atoms with Gasteiger partial charge >= 0.3 is 6.18 Å². The summed E-state index contributed by atoms with van der Waals surface area (Å²) in [6.45, 7) is 0.0510. The van der Waals surface area contributed by atoms with Gasteiger partial charge in [0.05, 0.1) is 5.51 Å². The van der Waals surface area contributed by atoms with Gasteiger partial charge in [-0.25, -0.2) is 4.98 Å². The third-order valence-electron chi connectivity index (χ3n) is 4.78. The number of aromatic amines is 1. The normalized spacial score (nSPS) is 21.2. The first-order valence-electron chi connectivity index (χ1n) is 7.78. The molecular formula is C17H14F3N3OS. The molecule has 0 aliphatic carbocycles. The highest BCUT2D eigenvalue weighted by Gasteiger charge is 2.63. The Labute approximate surface area is 145 Å². The van der Waals surface area contributed by atoms with Gasteiger partial charge in [-0.2, -0.15) is 13.2 Å². The van der Waals surface area contributed by atoms with E-state index >= 15 is 0 Å². The number of rotatable bonds is 2. The Morgan fingerprint density at radius 3 is 2.84 bits per heavy atom. The number of likely N-dealkylation sites (tertiary alicyclic amines) is 1. The average molecular weight is 365 g/mol. The number of thiazole rings is 1. The van der Waals surface area contributed by atoms with E-state index in [0.29, 0.717) is 10.9 Å². The third kappa shape index (κ3) is 2.27. The van der Waals surface area contributed by atoms with Crippen molar-refractivity contribution in [1.29, 1.82) is 0 Å². The van der Waals surface area contributed by atoms with Crippen LogP contribution in [0.1, 0.15) is 28.9 Å². The minimum atomic E-state index is -4.60. The molecule has 130 valence electrons. The topological polar surface area (TPSA) is 49.0 Å². The van der Waals surface area contributed by atoms with Gasteiger partial charge in [0.2, 0.25) is 0 Å². The second kappa shape index (κ2) is 5.59. The molecule has 0 saturated carbocycles. The van der Waals surface area contributed by atoms with Gasteiger partial charge < -0.3 is 9.88 Å². The van der Waals surface area contributed by atoms with E-state index in [4.69, 9.17) is 0 Å². The van der Waals surface area contributed by atoms with E-state index < -0.39 is 17.6 Å². The number of alkyl halides is 3. The van der Waals surface area contributed by atoms with Crippen LogP contribution in [-0.4, -0.2) is 33.5 Å². The number of nitrogens with zero attached hydrogens (tertiary/aromatic N) is 2. The second-order valence-electron chi connectivity index (χ2n) is 6.04. The van der Waals surface area contributed by atoms with Crippen molar-refractivity contribution in [1.82, 2.24) is 14.9 Å². The molecule has 3 heterocycles. The van der Waals surface area contributed by atoms with Crippen LogP contribution in [0.5, 0.6) is 0 Å². The minimum Gasteiger partial charge on any atom is -0.361 e. The number of fused-ring (bicyclic) bond motifs is 1. The van der Waals surface area contributed by atoms with E-state index in [0.717, 1.165) is 4.90 Å². The molecule has 0 bridgehead atoms. The van der Waals surface area contributed by atoms with Crippen molar-refractivity contribution in [2.24, 2.45) is 0 Å². The maximum absolute atomic E-state index is 14.3. The number of hydrogen-bond donors (Lipinski definition) is 1. The fraction of sp³-hybridized carbons (Fsp3) is 0.294. The lowest BCUT2D eigenvalue weighted by Gasteiger charge is -2.39. The summed E-state index contributed by atoms with van der Waals surface area (Å²) in [5.74, 6) is -0.679. The monoisotopic (exact) mass is 365 g/mol. The number of carbonyl (C=O) groups is 1. The number of para-hydroxylation sites is 1. The highest BCUT2D eigenvalue weighted by molar-refractivity contribution is 7.07. The van der Waals surface area contributed by atoms with Crippen molar-refractivity contribution in [3.05, 3.63) is 52.6 Å². The standard InChI is InChI=1S/C17H14F3N3OS/c18-17(19,20)16(12-8-21-13-5-2-1-4-11(12)13)6-3-7-23(16)15(24)14-9-25-10-22-14/h1-2,4-5,8-10,21H,3,6-7H2. The largest absolute Gasteiger partial charge is 0.416 e. The van der Waals surface area contributed by atoms with Crippen LogP contribution in [0, 0.1) is 0 Å². The van der Waals surface area contributed by atoms with Crippen molar-refractivity contribution >= 4 is 28.1 Å². The summed E-state index contributed by atoms with van der Waals surface area (Å²) in [4.78, 5) is 20.5. The highest BCUT2D eigenvalue weighted by Crippen LogP contribution is 2.52. The quantitative estimate of drug-likeness (QED) is 0.735. The van der Waals surface area contributed by atoms with E-state index in [1.165, 1.54) is 28.4 Å². The molecule has 1 fully saturated rings. The summed E-state index contributed by atoms with van der Waals surface area (Å²) in [6.07, 6.45) is -3.09. The Morgan fingerprint density at radius 2 is 2.12 bits per heavy atom. The lowest BCUT2D eigenvalue weighted by molar-refractivity contribution is -0.220. The zero-order valence-electron chi connectivity index (χ0n) is 13.0. The smallest absolute Gasteiger partial charge is 0.361 e. The number of H-pyrrole nitrogens is 1. The van der Waals surface area contributed by atoms with Crippen LogP contribution >= 0.6 is 11.3 Å². The summed E-state index contributed by atoms with van der Waals surface area (Å²) in [7, 11) is 0. The molecule has 3 aromatic rings. The Balaban J connectivity index is 1.92. The molecule has 1 N–H and O–H groups in total. The van der Waals surface area contributed by atoms with Crippen molar-refractivity contribution in [3.63, 3.8) is 0 Å². The first-order valence-corrected chi connectivity index (χ1v) is 8.73. The van der Waals surface area contributed by atoms with Gasteiger partial charge in [-0.1, -0.05) is 18.2 Å². The Morgan fingerprint density at radius 1 is 1.32 bits per heavy atom. The molecule has 1 amide bonds. The number of benzene rings is 1. The first kappa shape index (κ1) is 16.1. The predicted molar refractivity (Wildman–Crippen MR) is 88.4 cm³/mol. The number of amides is 1. The predicted octanol–water partition coefficient (Wildman–Crippen LogP) is 4.32. The Hall–Kier alpha value is -2.35.